The lowest BCUT2D eigenvalue weighted by Gasteiger charge is -2.30. The normalized spacial score (nSPS) is 23.7. The van der Waals surface area contributed by atoms with Crippen LogP contribution in [0.2, 0.25) is 0 Å². The van der Waals surface area contributed by atoms with Crippen LogP contribution in [0.4, 0.5) is 11.4 Å². The van der Waals surface area contributed by atoms with Crippen molar-refractivity contribution in [2.45, 2.75) is 38.6 Å². The van der Waals surface area contributed by atoms with Gasteiger partial charge in [-0.25, -0.2) is 0 Å². The number of nitrogens with zero attached hydrogens (tertiary/aromatic N) is 1. The predicted molar refractivity (Wildman–Crippen MR) is 75.8 cm³/mol. The molecule has 0 radical (unpaired) electrons. The molecule has 0 spiro atoms. The van der Waals surface area contributed by atoms with Gasteiger partial charge in [0.25, 0.3) is 5.69 Å². The van der Waals surface area contributed by atoms with Crippen LogP contribution in [0.5, 0.6) is 0 Å². The fraction of sp³-hybridized carbons (Fsp3) is 0.538. The standard InChI is InChI=1S/C13H17BrN2O2/c1-9-4-2-3-5-12(9)15-13-7-6-10(16(17)18)8-11(13)14/h6-9,12,15H,2-5H2,1H3. The minimum atomic E-state index is -0.377. The number of halogens is 1. The molecular formula is C13H17BrN2O2. The number of nitro groups is 1. The Morgan fingerprint density at radius 2 is 2.11 bits per heavy atom. The molecule has 1 aliphatic rings. The maximum atomic E-state index is 10.7. The molecule has 0 aromatic heterocycles. The highest BCUT2D eigenvalue weighted by atomic mass is 79.9. The number of hydrogen-bond donors (Lipinski definition) is 1. The average molecular weight is 313 g/mol. The van der Waals surface area contributed by atoms with Crippen LogP contribution in [0.15, 0.2) is 22.7 Å². The van der Waals surface area contributed by atoms with E-state index in [0.29, 0.717) is 12.0 Å². The molecule has 1 saturated carbocycles. The highest BCUT2D eigenvalue weighted by Gasteiger charge is 2.22. The van der Waals surface area contributed by atoms with Crippen LogP contribution in [0.1, 0.15) is 32.6 Å². The van der Waals surface area contributed by atoms with Crippen molar-refractivity contribution in [2.75, 3.05) is 5.32 Å². The zero-order chi connectivity index (χ0) is 13.1. The van der Waals surface area contributed by atoms with Gasteiger partial charge in [0.1, 0.15) is 0 Å². The topological polar surface area (TPSA) is 55.2 Å². The second-order valence-electron chi connectivity index (χ2n) is 4.93. The summed E-state index contributed by atoms with van der Waals surface area (Å²) in [6, 6.07) is 5.34. The van der Waals surface area contributed by atoms with E-state index in [9.17, 15) is 10.1 Å². The molecule has 0 heterocycles. The second-order valence-corrected chi connectivity index (χ2v) is 5.79. The largest absolute Gasteiger partial charge is 0.381 e. The van der Waals surface area contributed by atoms with Crippen LogP contribution in [-0.2, 0) is 0 Å². The summed E-state index contributed by atoms with van der Waals surface area (Å²) in [6.45, 7) is 2.26. The Bertz CT molecular complexity index is 451. The van der Waals surface area contributed by atoms with Crippen molar-refractivity contribution in [1.82, 2.24) is 0 Å². The second kappa shape index (κ2) is 5.69. The van der Waals surface area contributed by atoms with Gasteiger partial charge in [-0.2, -0.15) is 0 Å². The summed E-state index contributed by atoms with van der Waals surface area (Å²) in [6.07, 6.45) is 4.99. The molecule has 0 amide bonds. The zero-order valence-electron chi connectivity index (χ0n) is 10.4. The zero-order valence-corrected chi connectivity index (χ0v) is 11.9. The fourth-order valence-corrected chi connectivity index (χ4v) is 2.95. The van der Waals surface area contributed by atoms with E-state index in [1.165, 1.54) is 25.7 Å². The van der Waals surface area contributed by atoms with E-state index in [4.69, 9.17) is 0 Å². The smallest absolute Gasteiger partial charge is 0.270 e. The first kappa shape index (κ1) is 13.3. The van der Waals surface area contributed by atoms with Crippen molar-refractivity contribution in [3.63, 3.8) is 0 Å². The lowest BCUT2D eigenvalue weighted by Crippen LogP contribution is -2.30. The summed E-state index contributed by atoms with van der Waals surface area (Å²) in [5.41, 5.74) is 1.06. The molecule has 1 aromatic rings. The SMILES string of the molecule is CC1CCCCC1Nc1ccc([N+](=O)[O-])cc1Br. The molecule has 1 aromatic carbocycles. The number of rotatable bonds is 3. The van der Waals surface area contributed by atoms with E-state index in [1.54, 1.807) is 18.2 Å². The number of nitro benzene ring substituents is 1. The molecule has 2 rings (SSSR count). The van der Waals surface area contributed by atoms with Gasteiger partial charge in [0, 0.05) is 28.3 Å². The third kappa shape index (κ3) is 3.02. The van der Waals surface area contributed by atoms with E-state index in [2.05, 4.69) is 28.2 Å². The molecule has 0 saturated heterocycles. The van der Waals surface area contributed by atoms with E-state index in [-0.39, 0.29) is 10.6 Å². The molecule has 1 N–H and O–H groups in total. The van der Waals surface area contributed by atoms with Crippen LogP contribution in [-0.4, -0.2) is 11.0 Å². The third-order valence-corrected chi connectivity index (χ3v) is 4.27. The minimum Gasteiger partial charge on any atom is -0.381 e. The Labute approximate surface area is 115 Å². The molecule has 0 aliphatic heterocycles. The molecule has 2 atom stereocenters. The molecule has 5 heteroatoms. The van der Waals surface area contributed by atoms with Gasteiger partial charge in [-0.3, -0.25) is 10.1 Å². The molecule has 18 heavy (non-hydrogen) atoms. The highest BCUT2D eigenvalue weighted by molar-refractivity contribution is 9.10. The summed E-state index contributed by atoms with van der Waals surface area (Å²) in [7, 11) is 0. The van der Waals surface area contributed by atoms with Crippen molar-refractivity contribution in [3.8, 4) is 0 Å². The number of hydrogen-bond acceptors (Lipinski definition) is 3. The van der Waals surface area contributed by atoms with E-state index < -0.39 is 0 Å². The predicted octanol–water partition coefficient (Wildman–Crippen LogP) is 4.35. The number of benzene rings is 1. The van der Waals surface area contributed by atoms with Gasteiger partial charge in [0.05, 0.1) is 4.92 Å². The van der Waals surface area contributed by atoms with Crippen LogP contribution >= 0.6 is 15.9 Å². The van der Waals surface area contributed by atoms with Crippen LogP contribution in [0.25, 0.3) is 0 Å². The van der Waals surface area contributed by atoms with Gasteiger partial charge in [0.15, 0.2) is 0 Å². The van der Waals surface area contributed by atoms with E-state index in [0.717, 1.165) is 10.2 Å². The Balaban J connectivity index is 2.11. The number of nitrogens with one attached hydrogen (secondary N) is 1. The maximum Gasteiger partial charge on any atom is 0.270 e. The lowest BCUT2D eigenvalue weighted by atomic mass is 9.86. The fourth-order valence-electron chi connectivity index (χ4n) is 2.47. The van der Waals surface area contributed by atoms with Crippen molar-refractivity contribution < 1.29 is 4.92 Å². The first-order valence-electron chi connectivity index (χ1n) is 6.28. The molecule has 4 nitrogen and oxygen atoms in total. The van der Waals surface area contributed by atoms with Gasteiger partial charge < -0.3 is 5.32 Å². The lowest BCUT2D eigenvalue weighted by molar-refractivity contribution is -0.384. The Hall–Kier alpha value is -1.10. The van der Waals surface area contributed by atoms with Gasteiger partial charge >= 0.3 is 0 Å². The van der Waals surface area contributed by atoms with Gasteiger partial charge in [0.2, 0.25) is 0 Å². The average Bonchev–Trinajstić information content (AvgIpc) is 2.34. The summed E-state index contributed by atoms with van der Waals surface area (Å²) in [4.78, 5) is 10.3. The quantitative estimate of drug-likeness (QED) is 0.667. The number of anilines is 1. The monoisotopic (exact) mass is 312 g/mol. The summed E-state index contributed by atoms with van der Waals surface area (Å²) in [5.74, 6) is 0.654. The Kier molecular flexibility index (Phi) is 4.22. The molecule has 2 unspecified atom stereocenters. The molecular weight excluding hydrogens is 296 g/mol. The van der Waals surface area contributed by atoms with Gasteiger partial charge in [-0.05, 0) is 40.8 Å². The first-order valence-corrected chi connectivity index (χ1v) is 7.07. The molecule has 0 bridgehead atoms. The first-order chi connectivity index (χ1) is 8.58. The van der Waals surface area contributed by atoms with Gasteiger partial charge in [-0.15, -0.1) is 0 Å². The van der Waals surface area contributed by atoms with Crippen molar-refractivity contribution >= 4 is 27.3 Å². The van der Waals surface area contributed by atoms with Crippen LogP contribution in [0, 0.1) is 16.0 Å². The van der Waals surface area contributed by atoms with Crippen molar-refractivity contribution in [3.05, 3.63) is 32.8 Å². The maximum absolute atomic E-state index is 10.7. The van der Waals surface area contributed by atoms with E-state index >= 15 is 0 Å². The Morgan fingerprint density at radius 3 is 2.72 bits per heavy atom. The highest BCUT2D eigenvalue weighted by Crippen LogP contribution is 2.31. The molecule has 1 fully saturated rings. The van der Waals surface area contributed by atoms with Crippen LogP contribution in [0.3, 0.4) is 0 Å². The summed E-state index contributed by atoms with van der Waals surface area (Å²) < 4.78 is 0.759. The summed E-state index contributed by atoms with van der Waals surface area (Å²) in [5, 5.41) is 14.2. The third-order valence-electron chi connectivity index (χ3n) is 3.62. The Morgan fingerprint density at radius 1 is 1.39 bits per heavy atom. The van der Waals surface area contributed by atoms with Crippen molar-refractivity contribution in [2.24, 2.45) is 5.92 Å². The molecule has 98 valence electrons. The van der Waals surface area contributed by atoms with E-state index in [1.807, 2.05) is 0 Å². The molecule has 1 aliphatic carbocycles. The van der Waals surface area contributed by atoms with Gasteiger partial charge in [-0.1, -0.05) is 19.8 Å². The van der Waals surface area contributed by atoms with Crippen molar-refractivity contribution in [1.29, 1.82) is 0 Å². The van der Waals surface area contributed by atoms with Crippen LogP contribution < -0.4 is 5.32 Å². The number of non-ortho nitro benzene ring substituents is 1. The minimum absolute atomic E-state index is 0.115. The summed E-state index contributed by atoms with van der Waals surface area (Å²) >= 11 is 3.40.